The van der Waals surface area contributed by atoms with Crippen molar-refractivity contribution in [3.8, 4) is 0 Å². The Labute approximate surface area is 153 Å². The Morgan fingerprint density at radius 2 is 2.12 bits per heavy atom. The average Bonchev–Trinajstić information content (AvgIpc) is 2.61. The topological polar surface area (TPSA) is 66.9 Å². The number of H-pyrrole nitrogens is 1. The zero-order chi connectivity index (χ0) is 18.8. The van der Waals surface area contributed by atoms with Gasteiger partial charge >= 0.3 is 0 Å². The van der Waals surface area contributed by atoms with Gasteiger partial charge in [-0.3, -0.25) is 14.2 Å². The molecular formula is C19H16FN3O2S. The molecule has 0 radical (unpaired) electrons. The lowest BCUT2D eigenvalue weighted by Crippen LogP contribution is -2.22. The van der Waals surface area contributed by atoms with E-state index >= 15 is 0 Å². The number of amides is 1. The molecule has 3 rings (SSSR count). The smallest absolute Gasteiger partial charge is 0.262 e. The van der Waals surface area contributed by atoms with Crippen molar-refractivity contribution in [3.63, 3.8) is 0 Å². The molecule has 3 aromatic rings. The fourth-order valence-corrected chi connectivity index (χ4v) is 2.83. The summed E-state index contributed by atoms with van der Waals surface area (Å²) in [5.74, 6) is -0.807. The van der Waals surface area contributed by atoms with Gasteiger partial charge in [0.25, 0.3) is 11.5 Å². The Morgan fingerprint density at radius 1 is 1.35 bits per heavy atom. The van der Waals surface area contributed by atoms with E-state index in [0.29, 0.717) is 34.3 Å². The van der Waals surface area contributed by atoms with Crippen molar-refractivity contribution >= 4 is 34.7 Å². The lowest BCUT2D eigenvalue weighted by atomic mass is 10.1. The van der Waals surface area contributed by atoms with E-state index in [1.165, 1.54) is 10.6 Å². The van der Waals surface area contributed by atoms with Gasteiger partial charge in [-0.2, -0.15) is 0 Å². The quantitative estimate of drug-likeness (QED) is 0.541. The van der Waals surface area contributed by atoms with Crippen molar-refractivity contribution < 1.29 is 9.18 Å². The number of aromatic amines is 1. The van der Waals surface area contributed by atoms with Crippen molar-refractivity contribution in [2.75, 3.05) is 5.32 Å². The summed E-state index contributed by atoms with van der Waals surface area (Å²) in [5.41, 5.74) is 1.38. The number of aryl methyl sites for hydroxylation is 1. The van der Waals surface area contributed by atoms with Gasteiger partial charge in [0.05, 0.1) is 10.9 Å². The van der Waals surface area contributed by atoms with E-state index in [-0.39, 0.29) is 10.3 Å². The molecule has 0 aliphatic heterocycles. The van der Waals surface area contributed by atoms with Gasteiger partial charge in [-0.05, 0) is 55.0 Å². The third kappa shape index (κ3) is 3.34. The van der Waals surface area contributed by atoms with Crippen LogP contribution in [-0.2, 0) is 6.54 Å². The fraction of sp³-hybridized carbons (Fsp3) is 0.105. The van der Waals surface area contributed by atoms with Crippen molar-refractivity contribution in [3.05, 3.63) is 81.1 Å². The van der Waals surface area contributed by atoms with Crippen molar-refractivity contribution in [1.29, 1.82) is 0 Å². The number of fused-ring (bicyclic) bond motifs is 1. The molecule has 7 heteroatoms. The van der Waals surface area contributed by atoms with Gasteiger partial charge in [0.15, 0.2) is 4.77 Å². The first-order valence-electron chi connectivity index (χ1n) is 7.86. The van der Waals surface area contributed by atoms with E-state index in [2.05, 4.69) is 16.9 Å². The summed E-state index contributed by atoms with van der Waals surface area (Å²) >= 11 is 5.19. The van der Waals surface area contributed by atoms with Crippen LogP contribution in [0.2, 0.25) is 0 Å². The highest BCUT2D eigenvalue weighted by Crippen LogP contribution is 2.16. The second-order valence-corrected chi connectivity index (χ2v) is 6.20. The van der Waals surface area contributed by atoms with Crippen LogP contribution in [0.5, 0.6) is 0 Å². The number of hydrogen-bond acceptors (Lipinski definition) is 3. The minimum Gasteiger partial charge on any atom is -0.332 e. The summed E-state index contributed by atoms with van der Waals surface area (Å²) < 4.78 is 15.3. The molecule has 2 aromatic carbocycles. The molecule has 0 atom stereocenters. The highest BCUT2D eigenvalue weighted by Gasteiger charge is 2.11. The minimum atomic E-state index is -0.412. The number of aromatic nitrogens is 2. The first-order valence-corrected chi connectivity index (χ1v) is 8.27. The van der Waals surface area contributed by atoms with Crippen LogP contribution in [0.3, 0.4) is 0 Å². The molecule has 1 amide bonds. The Morgan fingerprint density at radius 3 is 2.81 bits per heavy atom. The van der Waals surface area contributed by atoms with Crippen LogP contribution < -0.4 is 10.9 Å². The number of benzene rings is 2. The molecule has 1 heterocycles. The normalized spacial score (nSPS) is 10.7. The van der Waals surface area contributed by atoms with Gasteiger partial charge < -0.3 is 10.3 Å². The summed E-state index contributed by atoms with van der Waals surface area (Å²) in [6.45, 7) is 5.55. The lowest BCUT2D eigenvalue weighted by Gasteiger charge is -2.09. The maximum Gasteiger partial charge on any atom is 0.262 e. The molecule has 0 spiro atoms. The zero-order valence-electron chi connectivity index (χ0n) is 14.0. The second-order valence-electron chi connectivity index (χ2n) is 5.81. The van der Waals surface area contributed by atoms with Crippen LogP contribution in [0.4, 0.5) is 10.1 Å². The Hall–Kier alpha value is -3.06. The van der Waals surface area contributed by atoms with Gasteiger partial charge in [0, 0.05) is 17.8 Å². The molecular weight excluding hydrogens is 353 g/mol. The van der Waals surface area contributed by atoms with Crippen LogP contribution in [0.25, 0.3) is 10.9 Å². The summed E-state index contributed by atoms with van der Waals surface area (Å²) in [6, 6.07) is 9.12. The molecule has 0 saturated carbocycles. The number of carbonyl (C=O) groups excluding carboxylic acids is 1. The molecule has 0 saturated heterocycles. The van der Waals surface area contributed by atoms with Crippen molar-refractivity contribution in [2.24, 2.45) is 0 Å². The number of anilines is 1. The monoisotopic (exact) mass is 369 g/mol. The Kier molecular flexibility index (Phi) is 4.81. The number of allylic oxidation sites excluding steroid dienone is 1. The molecule has 26 heavy (non-hydrogen) atoms. The van der Waals surface area contributed by atoms with Gasteiger partial charge in [-0.15, -0.1) is 6.58 Å². The van der Waals surface area contributed by atoms with Crippen molar-refractivity contribution in [2.45, 2.75) is 13.5 Å². The van der Waals surface area contributed by atoms with E-state index in [0.717, 1.165) is 0 Å². The van der Waals surface area contributed by atoms with E-state index < -0.39 is 11.7 Å². The van der Waals surface area contributed by atoms with E-state index in [4.69, 9.17) is 12.2 Å². The summed E-state index contributed by atoms with van der Waals surface area (Å²) in [7, 11) is 0. The number of nitrogens with one attached hydrogen (secondary N) is 2. The first-order chi connectivity index (χ1) is 12.4. The average molecular weight is 369 g/mol. The summed E-state index contributed by atoms with van der Waals surface area (Å²) in [4.78, 5) is 27.8. The molecule has 0 unspecified atom stereocenters. The molecule has 5 nitrogen and oxygen atoms in total. The SMILES string of the molecule is C=CCn1c(=S)[nH]c2cc(C(=O)Nc3ccc(C)c(F)c3)ccc2c1=O. The van der Waals surface area contributed by atoms with Crippen molar-refractivity contribution in [1.82, 2.24) is 9.55 Å². The lowest BCUT2D eigenvalue weighted by molar-refractivity contribution is 0.102. The molecule has 2 N–H and O–H groups in total. The van der Waals surface area contributed by atoms with Crippen LogP contribution in [0, 0.1) is 17.5 Å². The summed E-state index contributed by atoms with van der Waals surface area (Å²) in [5, 5.41) is 3.05. The maximum absolute atomic E-state index is 13.6. The largest absolute Gasteiger partial charge is 0.332 e. The predicted octanol–water partition coefficient (Wildman–Crippen LogP) is 3.94. The highest BCUT2D eigenvalue weighted by atomic mass is 32.1. The standard InChI is InChI=1S/C19H16FN3O2S/c1-3-8-23-18(25)14-7-5-12(9-16(14)22-19(23)26)17(24)21-13-6-4-11(2)15(20)10-13/h3-7,9-10H,1,8H2,2H3,(H,21,24)(H,22,26). The van der Waals surface area contributed by atoms with Crippen LogP contribution in [0.1, 0.15) is 15.9 Å². The number of halogens is 1. The van der Waals surface area contributed by atoms with Crippen LogP contribution in [0.15, 0.2) is 53.8 Å². The number of rotatable bonds is 4. The molecule has 0 bridgehead atoms. The van der Waals surface area contributed by atoms with Gasteiger partial charge in [0.1, 0.15) is 5.82 Å². The van der Waals surface area contributed by atoms with Crippen LogP contribution in [-0.4, -0.2) is 15.5 Å². The third-order valence-electron chi connectivity index (χ3n) is 3.99. The van der Waals surface area contributed by atoms with Gasteiger partial charge in [-0.1, -0.05) is 12.1 Å². The number of hydrogen-bond donors (Lipinski definition) is 2. The number of carbonyl (C=O) groups is 1. The maximum atomic E-state index is 13.6. The van der Waals surface area contributed by atoms with Gasteiger partial charge in [0.2, 0.25) is 0 Å². The molecule has 1 aromatic heterocycles. The Bertz CT molecular complexity index is 1150. The fourth-order valence-electron chi connectivity index (χ4n) is 2.56. The zero-order valence-corrected chi connectivity index (χ0v) is 14.8. The predicted molar refractivity (Wildman–Crippen MR) is 103 cm³/mol. The first kappa shape index (κ1) is 17.8. The van der Waals surface area contributed by atoms with Crippen LogP contribution >= 0.6 is 12.2 Å². The minimum absolute atomic E-state index is 0.251. The molecule has 0 aliphatic carbocycles. The van der Waals surface area contributed by atoms with E-state index in [9.17, 15) is 14.0 Å². The second kappa shape index (κ2) is 7.05. The van der Waals surface area contributed by atoms with E-state index in [1.807, 2.05) is 0 Å². The number of nitrogens with zero attached hydrogens (tertiary/aromatic N) is 1. The summed E-state index contributed by atoms with van der Waals surface area (Å²) in [6.07, 6.45) is 1.58. The molecule has 132 valence electrons. The Balaban J connectivity index is 1.98. The van der Waals surface area contributed by atoms with E-state index in [1.54, 1.807) is 43.3 Å². The molecule has 0 fully saturated rings. The highest BCUT2D eigenvalue weighted by molar-refractivity contribution is 7.71. The third-order valence-corrected chi connectivity index (χ3v) is 4.31. The van der Waals surface area contributed by atoms with Gasteiger partial charge in [-0.25, -0.2) is 4.39 Å². The molecule has 0 aliphatic rings.